The number of carbonyl (C=O) groups is 2. The van der Waals surface area contributed by atoms with Gasteiger partial charge in [-0.05, 0) is 73.1 Å². The first-order valence-electron chi connectivity index (χ1n) is 13.6. The summed E-state index contributed by atoms with van der Waals surface area (Å²) in [6.07, 6.45) is 3.59. The molecule has 42 heavy (non-hydrogen) atoms. The smallest absolute Gasteiger partial charge is 0.248 e. The second-order valence-electron chi connectivity index (χ2n) is 10.00. The van der Waals surface area contributed by atoms with Crippen LogP contribution in [0.5, 0.6) is 17.2 Å². The van der Waals surface area contributed by atoms with Crippen LogP contribution in [0.25, 0.3) is 11.1 Å². The van der Waals surface area contributed by atoms with Gasteiger partial charge in [-0.15, -0.1) is 0 Å². The molecule has 0 aliphatic heterocycles. The third-order valence-corrected chi connectivity index (χ3v) is 7.77. The van der Waals surface area contributed by atoms with E-state index in [1.54, 1.807) is 38.1 Å². The Kier molecular flexibility index (Phi) is 10.00. The van der Waals surface area contributed by atoms with Crippen molar-refractivity contribution in [2.75, 3.05) is 44.0 Å². The Balaban J connectivity index is 1.84. The number of hydrogen-bond acceptors (Lipinski definition) is 9. The lowest BCUT2D eigenvalue weighted by molar-refractivity contribution is -0.120. The summed E-state index contributed by atoms with van der Waals surface area (Å²) < 4.78 is 17.1. The number of rotatable bonds is 11. The Morgan fingerprint density at radius 2 is 1.88 bits per heavy atom. The highest BCUT2D eigenvalue weighted by Crippen LogP contribution is 2.50. The lowest BCUT2D eigenvalue weighted by Gasteiger charge is -2.19. The summed E-state index contributed by atoms with van der Waals surface area (Å²) >= 11 is 1.61. The van der Waals surface area contributed by atoms with Crippen LogP contribution < -0.4 is 35.6 Å². The zero-order valence-electron chi connectivity index (χ0n) is 24.7. The second-order valence-corrected chi connectivity index (χ2v) is 11.0. The van der Waals surface area contributed by atoms with Gasteiger partial charge in [-0.25, -0.2) is 0 Å². The number of nitrogens with one attached hydrogen (secondary N) is 4. The number of methoxy groups -OCH3 is 3. The summed E-state index contributed by atoms with van der Waals surface area (Å²) in [7, 11) is 4.66. The lowest BCUT2D eigenvalue weighted by atomic mass is 9.95. The third kappa shape index (κ3) is 6.64. The average Bonchev–Trinajstić information content (AvgIpc) is 3.23. The molecule has 0 radical (unpaired) electrons. The Morgan fingerprint density at radius 3 is 2.50 bits per heavy atom. The van der Waals surface area contributed by atoms with Gasteiger partial charge in [0, 0.05) is 24.2 Å². The van der Waals surface area contributed by atoms with Gasteiger partial charge >= 0.3 is 0 Å². The first-order chi connectivity index (χ1) is 20.2. The fourth-order valence-electron chi connectivity index (χ4n) is 5.21. The second kappa shape index (κ2) is 13.6. The van der Waals surface area contributed by atoms with Crippen LogP contribution in [0.4, 0.5) is 11.5 Å². The minimum atomic E-state index is -0.693. The first-order valence-corrected chi connectivity index (χ1v) is 15.0. The van der Waals surface area contributed by atoms with Crippen LogP contribution in [0.2, 0.25) is 0 Å². The Bertz CT molecular complexity index is 1520. The largest absolute Gasteiger partial charge is 0.493 e. The van der Waals surface area contributed by atoms with Gasteiger partial charge < -0.3 is 30.2 Å². The molecule has 0 spiro atoms. The molecule has 4 rings (SSSR count). The SMILES string of the molecule is COc1cc2c(c(OC)c1OC)-c1ccc(N[C@H](CCSC)C(=O)Nc3cc(C)[nH]n3)c(=O)cc1[C@H](NC(C)=O)CC2. The minimum absolute atomic E-state index is 0.210. The molecule has 12 heteroatoms. The predicted octanol–water partition coefficient (Wildman–Crippen LogP) is 4.07. The van der Waals surface area contributed by atoms with Crippen molar-refractivity contribution in [1.82, 2.24) is 15.5 Å². The van der Waals surface area contributed by atoms with Gasteiger partial charge in [0.2, 0.25) is 23.0 Å². The Labute approximate surface area is 249 Å². The number of anilines is 2. The van der Waals surface area contributed by atoms with E-state index in [9.17, 15) is 14.4 Å². The molecule has 0 saturated heterocycles. The van der Waals surface area contributed by atoms with E-state index >= 15 is 0 Å². The molecular formula is C30H37N5O6S. The number of fused-ring (bicyclic) bond motifs is 3. The Morgan fingerprint density at radius 1 is 1.12 bits per heavy atom. The molecule has 4 N–H and O–H groups in total. The molecule has 0 unspecified atom stereocenters. The van der Waals surface area contributed by atoms with Crippen molar-refractivity contribution < 1.29 is 23.8 Å². The van der Waals surface area contributed by atoms with Crippen LogP contribution in [0.3, 0.4) is 0 Å². The number of ether oxygens (including phenoxy) is 3. The number of nitrogens with zero attached hydrogens (tertiary/aromatic N) is 1. The summed E-state index contributed by atoms with van der Waals surface area (Å²) in [5, 5.41) is 15.9. The maximum atomic E-state index is 13.7. The maximum Gasteiger partial charge on any atom is 0.248 e. The molecule has 11 nitrogen and oxygen atoms in total. The van der Waals surface area contributed by atoms with E-state index in [-0.39, 0.29) is 22.9 Å². The third-order valence-electron chi connectivity index (χ3n) is 7.13. The highest BCUT2D eigenvalue weighted by Gasteiger charge is 2.30. The molecular weight excluding hydrogens is 558 g/mol. The number of H-pyrrole nitrogens is 1. The van der Waals surface area contributed by atoms with Crippen molar-refractivity contribution in [3.8, 4) is 28.4 Å². The molecule has 1 heterocycles. The van der Waals surface area contributed by atoms with Crippen LogP contribution in [0.1, 0.15) is 42.6 Å². The van der Waals surface area contributed by atoms with Crippen LogP contribution in [0.15, 0.2) is 35.1 Å². The summed E-state index contributed by atoms with van der Waals surface area (Å²) in [6.45, 7) is 3.30. The van der Waals surface area contributed by atoms with Gasteiger partial charge in [-0.2, -0.15) is 16.9 Å². The number of aromatic nitrogens is 2. The predicted molar refractivity (Wildman–Crippen MR) is 165 cm³/mol. The van der Waals surface area contributed by atoms with Crippen molar-refractivity contribution in [2.45, 2.75) is 45.2 Å². The van der Waals surface area contributed by atoms with Gasteiger partial charge in [0.05, 0.1) is 33.1 Å². The zero-order chi connectivity index (χ0) is 30.4. The van der Waals surface area contributed by atoms with Crippen molar-refractivity contribution in [2.24, 2.45) is 0 Å². The van der Waals surface area contributed by atoms with Crippen LogP contribution in [-0.4, -0.2) is 61.4 Å². The molecule has 1 aromatic heterocycles. The number of amides is 2. The van der Waals surface area contributed by atoms with Crippen molar-refractivity contribution >= 4 is 35.1 Å². The van der Waals surface area contributed by atoms with Gasteiger partial charge in [0.1, 0.15) is 6.04 Å². The van der Waals surface area contributed by atoms with E-state index in [4.69, 9.17) is 14.2 Å². The fourth-order valence-corrected chi connectivity index (χ4v) is 5.69. The van der Waals surface area contributed by atoms with Gasteiger partial charge in [0.25, 0.3) is 0 Å². The maximum absolute atomic E-state index is 13.7. The van der Waals surface area contributed by atoms with E-state index in [1.165, 1.54) is 20.1 Å². The average molecular weight is 596 g/mol. The number of hydrogen-bond donors (Lipinski definition) is 4. The number of thioether (sulfide) groups is 1. The van der Waals surface area contributed by atoms with E-state index in [2.05, 4.69) is 26.1 Å². The van der Waals surface area contributed by atoms with Crippen molar-refractivity contribution in [1.29, 1.82) is 0 Å². The van der Waals surface area contributed by atoms with E-state index in [1.807, 2.05) is 25.3 Å². The van der Waals surface area contributed by atoms with Gasteiger partial charge in [0.15, 0.2) is 17.3 Å². The summed E-state index contributed by atoms with van der Waals surface area (Å²) in [5.41, 5.74) is 3.79. The zero-order valence-corrected chi connectivity index (χ0v) is 25.5. The molecule has 3 aromatic rings. The summed E-state index contributed by atoms with van der Waals surface area (Å²) in [5.74, 6) is 2.02. The first kappa shape index (κ1) is 30.8. The van der Waals surface area contributed by atoms with Crippen LogP contribution in [-0.2, 0) is 16.0 Å². The minimum Gasteiger partial charge on any atom is -0.493 e. The quantitative estimate of drug-likeness (QED) is 0.258. The summed E-state index contributed by atoms with van der Waals surface area (Å²) in [4.78, 5) is 39.2. The molecule has 1 aliphatic carbocycles. The normalized spacial score (nSPS) is 14.5. The number of benzene rings is 1. The monoisotopic (exact) mass is 595 g/mol. The van der Waals surface area contributed by atoms with Gasteiger partial charge in [-0.1, -0.05) is 6.07 Å². The molecule has 224 valence electrons. The molecule has 0 bridgehead atoms. The van der Waals surface area contributed by atoms with E-state index in [0.717, 1.165) is 16.8 Å². The lowest BCUT2D eigenvalue weighted by Crippen LogP contribution is -2.36. The highest BCUT2D eigenvalue weighted by molar-refractivity contribution is 7.98. The molecule has 0 fully saturated rings. The molecule has 2 atom stereocenters. The number of aryl methyl sites for hydroxylation is 2. The van der Waals surface area contributed by atoms with Crippen molar-refractivity contribution in [3.05, 3.63) is 57.4 Å². The number of aromatic amines is 1. The van der Waals surface area contributed by atoms with E-state index in [0.29, 0.717) is 59.2 Å². The molecule has 1 aliphatic rings. The topological polar surface area (TPSA) is 144 Å². The Hall–Kier alpha value is -4.19. The highest BCUT2D eigenvalue weighted by atomic mass is 32.2. The van der Waals surface area contributed by atoms with E-state index < -0.39 is 12.1 Å². The molecule has 2 aromatic carbocycles. The standard InChI is InChI=1S/C30H37N5O6S/c1-16-13-26(35-34-16)33-30(38)23(11-12-42-6)32-22-10-8-19-20(15-24(22)37)21(31-17(2)36)9-7-18-14-25(39-3)28(40-4)29(41-5)27(18)19/h8,10,13-15,21,23H,7,9,11-12H2,1-6H3,(H,31,36)(H,32,37)(H2,33,34,35,38)/t21-,23-/m1/s1. The van der Waals surface area contributed by atoms with Crippen LogP contribution >= 0.6 is 11.8 Å². The van der Waals surface area contributed by atoms with Crippen LogP contribution in [0, 0.1) is 6.92 Å². The molecule has 2 amide bonds. The molecule has 0 saturated carbocycles. The summed E-state index contributed by atoms with van der Waals surface area (Å²) in [6, 6.07) is 7.55. The van der Waals surface area contributed by atoms with Crippen molar-refractivity contribution in [3.63, 3.8) is 0 Å². The van der Waals surface area contributed by atoms with Gasteiger partial charge in [-0.3, -0.25) is 19.5 Å². The number of carbonyl (C=O) groups excluding carboxylic acids is 2. The fraction of sp³-hybridized carbons (Fsp3) is 0.400.